The van der Waals surface area contributed by atoms with Crippen LogP contribution in [0, 0.1) is 11.7 Å². The van der Waals surface area contributed by atoms with Gasteiger partial charge in [0.25, 0.3) is 0 Å². The number of carbonyl (C=O) groups excluding carboxylic acids is 2. The third-order valence-corrected chi connectivity index (χ3v) is 9.76. The zero-order valence-corrected chi connectivity index (χ0v) is 31.2. The molecule has 0 radical (unpaired) electrons. The molecule has 0 saturated heterocycles. The van der Waals surface area contributed by atoms with E-state index in [4.69, 9.17) is 16.3 Å². The number of ether oxygens (including phenoxy) is 1. The minimum absolute atomic E-state index is 0.0137. The Bertz CT molecular complexity index is 1780. The second kappa shape index (κ2) is 18.4. The van der Waals surface area contributed by atoms with Gasteiger partial charge in [-0.1, -0.05) is 60.9 Å². The SMILES string of the molecule is CC(C)[C@H](c1ccc(Cl)cc1)[C@H](N=[N+]=[N-])C(=O)Cc1cncc(F)c1CC[C@@H](CN(C[C@@H](C)O)C(=O)OC(C)(C)C)NS(=O)(=O)c1ccccc1. The predicted octanol–water partition coefficient (Wildman–Crippen LogP) is 7.00. The van der Waals surface area contributed by atoms with Crippen LogP contribution in [-0.4, -0.2) is 72.2 Å². The van der Waals surface area contributed by atoms with Crippen molar-refractivity contribution in [3.05, 3.63) is 105 Å². The largest absolute Gasteiger partial charge is 0.444 e. The molecule has 51 heavy (non-hydrogen) atoms. The number of aliphatic hydroxyl groups is 1. The maximum atomic E-state index is 15.5. The Hall–Kier alpha value is -4.07. The molecule has 4 atom stereocenters. The lowest BCUT2D eigenvalue weighted by atomic mass is 9.80. The van der Waals surface area contributed by atoms with Crippen molar-refractivity contribution in [2.45, 2.75) is 95.4 Å². The van der Waals surface area contributed by atoms with E-state index < -0.39 is 57.4 Å². The summed E-state index contributed by atoms with van der Waals surface area (Å²) in [5.41, 5.74) is 9.67. The van der Waals surface area contributed by atoms with Crippen molar-refractivity contribution < 1.29 is 32.2 Å². The highest BCUT2D eigenvalue weighted by Crippen LogP contribution is 2.32. The number of azide groups is 1. The molecule has 3 rings (SSSR count). The molecule has 0 aliphatic carbocycles. The molecule has 1 aromatic heterocycles. The zero-order chi connectivity index (χ0) is 37.9. The van der Waals surface area contributed by atoms with E-state index in [2.05, 4.69) is 19.7 Å². The van der Waals surface area contributed by atoms with Crippen LogP contribution in [0.5, 0.6) is 0 Å². The molecule has 0 fully saturated rings. The van der Waals surface area contributed by atoms with Crippen LogP contribution in [0.2, 0.25) is 5.02 Å². The number of pyridine rings is 1. The van der Waals surface area contributed by atoms with Crippen LogP contribution in [0.4, 0.5) is 9.18 Å². The van der Waals surface area contributed by atoms with Gasteiger partial charge >= 0.3 is 6.09 Å². The van der Waals surface area contributed by atoms with Gasteiger partial charge in [-0.15, -0.1) is 0 Å². The second-order valence-electron chi connectivity index (χ2n) is 13.8. The number of sulfonamides is 1. The maximum Gasteiger partial charge on any atom is 0.410 e. The number of amides is 1. The van der Waals surface area contributed by atoms with Gasteiger partial charge in [0, 0.05) is 47.6 Å². The van der Waals surface area contributed by atoms with Crippen LogP contribution in [0.15, 0.2) is 77.0 Å². The summed E-state index contributed by atoms with van der Waals surface area (Å²) in [7, 11) is -4.11. The van der Waals surface area contributed by atoms with Gasteiger partial charge < -0.3 is 14.7 Å². The van der Waals surface area contributed by atoms with Crippen LogP contribution in [0.1, 0.15) is 70.6 Å². The normalized spacial score (nSPS) is 14.2. The maximum absolute atomic E-state index is 15.5. The number of Topliss-reactive ketones (excluding diaryl/α,β-unsaturated/α-hetero) is 1. The minimum Gasteiger partial charge on any atom is -0.444 e. The van der Waals surface area contributed by atoms with E-state index in [9.17, 15) is 28.6 Å². The van der Waals surface area contributed by atoms with E-state index in [1.165, 1.54) is 30.2 Å². The van der Waals surface area contributed by atoms with Crippen molar-refractivity contribution in [1.29, 1.82) is 0 Å². The third kappa shape index (κ3) is 12.6. The van der Waals surface area contributed by atoms with E-state index >= 15 is 4.39 Å². The highest BCUT2D eigenvalue weighted by atomic mass is 35.5. The number of carbonyl (C=O) groups is 2. The smallest absolute Gasteiger partial charge is 0.410 e. The Labute approximate surface area is 304 Å². The Kier molecular flexibility index (Phi) is 14.9. The fourth-order valence-corrected chi connectivity index (χ4v) is 7.17. The first kappa shape index (κ1) is 41.4. The third-order valence-electron chi connectivity index (χ3n) is 7.97. The van der Waals surface area contributed by atoms with Crippen LogP contribution in [-0.2, 0) is 32.4 Å². The quantitative estimate of drug-likeness (QED) is 0.0850. The lowest BCUT2D eigenvalue weighted by molar-refractivity contribution is -0.120. The summed E-state index contributed by atoms with van der Waals surface area (Å²) in [5.74, 6) is -1.79. The van der Waals surface area contributed by atoms with Crippen LogP contribution < -0.4 is 4.72 Å². The van der Waals surface area contributed by atoms with E-state index in [0.29, 0.717) is 5.02 Å². The molecule has 0 spiro atoms. The molecule has 1 amide bonds. The summed E-state index contributed by atoms with van der Waals surface area (Å²) in [6.45, 7) is 9.95. The van der Waals surface area contributed by atoms with Gasteiger partial charge in [0.1, 0.15) is 23.2 Å². The zero-order valence-electron chi connectivity index (χ0n) is 29.7. The lowest BCUT2D eigenvalue weighted by Gasteiger charge is -2.31. The summed E-state index contributed by atoms with van der Waals surface area (Å²) < 4.78 is 50.6. The Morgan fingerprint density at radius 1 is 1.08 bits per heavy atom. The first-order valence-electron chi connectivity index (χ1n) is 16.6. The summed E-state index contributed by atoms with van der Waals surface area (Å²) in [5, 5.41) is 14.6. The summed E-state index contributed by atoms with van der Waals surface area (Å²) in [6, 6.07) is 12.4. The van der Waals surface area contributed by atoms with E-state index in [1.54, 1.807) is 63.2 Å². The number of aliphatic hydroxyl groups excluding tert-OH is 1. The molecule has 0 bridgehead atoms. The molecule has 0 aliphatic rings. The van der Waals surface area contributed by atoms with E-state index in [0.717, 1.165) is 11.8 Å². The van der Waals surface area contributed by atoms with Gasteiger partial charge in [0.15, 0.2) is 0 Å². The van der Waals surface area contributed by atoms with Gasteiger partial charge in [0.05, 0.1) is 17.2 Å². The summed E-state index contributed by atoms with van der Waals surface area (Å²) >= 11 is 6.08. The molecule has 3 aromatic rings. The Morgan fingerprint density at radius 3 is 2.29 bits per heavy atom. The molecule has 0 unspecified atom stereocenters. The van der Waals surface area contributed by atoms with Crippen molar-refractivity contribution in [3.63, 3.8) is 0 Å². The number of benzene rings is 2. The Balaban J connectivity index is 1.96. The number of halogens is 2. The molecular formula is C36H46ClFN6O6S. The first-order chi connectivity index (χ1) is 23.9. The van der Waals surface area contributed by atoms with Crippen molar-refractivity contribution in [2.24, 2.45) is 11.0 Å². The predicted molar refractivity (Wildman–Crippen MR) is 193 cm³/mol. The van der Waals surface area contributed by atoms with Gasteiger partial charge in [-0.2, -0.15) is 0 Å². The molecule has 2 aromatic carbocycles. The van der Waals surface area contributed by atoms with Crippen LogP contribution in [0.3, 0.4) is 0 Å². The molecule has 276 valence electrons. The second-order valence-corrected chi connectivity index (χ2v) is 15.9. The summed E-state index contributed by atoms with van der Waals surface area (Å²) in [4.78, 5) is 35.1. The van der Waals surface area contributed by atoms with Crippen molar-refractivity contribution >= 4 is 33.5 Å². The number of rotatable bonds is 17. The number of nitrogens with one attached hydrogen (secondary N) is 1. The molecule has 2 N–H and O–H groups in total. The van der Waals surface area contributed by atoms with Crippen LogP contribution >= 0.6 is 11.6 Å². The number of hydrogen-bond donors (Lipinski definition) is 2. The topological polar surface area (TPSA) is 175 Å². The molecule has 15 heteroatoms. The van der Waals surface area contributed by atoms with Crippen LogP contribution in [0.25, 0.3) is 10.4 Å². The molecular weight excluding hydrogens is 699 g/mol. The van der Waals surface area contributed by atoms with E-state index in [1.807, 2.05) is 13.8 Å². The van der Waals surface area contributed by atoms with Gasteiger partial charge in [-0.05, 0) is 92.9 Å². The van der Waals surface area contributed by atoms with Crippen molar-refractivity contribution in [3.8, 4) is 0 Å². The first-order valence-corrected chi connectivity index (χ1v) is 18.4. The van der Waals surface area contributed by atoms with Gasteiger partial charge in [-0.3, -0.25) is 9.78 Å². The number of aromatic nitrogens is 1. The Morgan fingerprint density at radius 2 is 1.73 bits per heavy atom. The molecule has 1 heterocycles. The molecule has 0 aliphatic heterocycles. The standard InChI is InChI=1S/C36H46ClFN6O6S/c1-23(2)33(25-12-14-27(37)15-13-25)34(41-43-39)32(46)18-26-19-40-20-31(38)30(26)17-16-28(42-51(48,49)29-10-8-7-9-11-29)22-44(21-24(3)45)35(47)50-36(4,5)6/h7-15,19-20,23-24,28,33-34,42,45H,16-18,21-22H2,1-6H3/t24-,28+,33-,34-/m1/s1. The fourth-order valence-electron chi connectivity index (χ4n) is 5.76. The fraction of sp³-hybridized carbons (Fsp3) is 0.472. The monoisotopic (exact) mass is 744 g/mol. The average Bonchev–Trinajstić information content (AvgIpc) is 3.03. The highest BCUT2D eigenvalue weighted by molar-refractivity contribution is 7.89. The molecule has 0 saturated carbocycles. The van der Waals surface area contributed by atoms with Crippen molar-refractivity contribution in [2.75, 3.05) is 13.1 Å². The van der Waals surface area contributed by atoms with Gasteiger partial charge in [0.2, 0.25) is 10.0 Å². The lowest BCUT2D eigenvalue weighted by Crippen LogP contribution is -2.49. The highest BCUT2D eigenvalue weighted by Gasteiger charge is 2.33. The van der Waals surface area contributed by atoms with Crippen molar-refractivity contribution in [1.82, 2.24) is 14.6 Å². The minimum atomic E-state index is -4.11. The number of ketones is 1. The van der Waals surface area contributed by atoms with E-state index in [-0.39, 0.29) is 54.3 Å². The summed E-state index contributed by atoms with van der Waals surface area (Å²) in [6.07, 6.45) is 0.234. The average molecular weight is 745 g/mol. The number of hydrogen-bond acceptors (Lipinski definition) is 8. The number of nitrogens with zero attached hydrogens (tertiary/aromatic N) is 5. The van der Waals surface area contributed by atoms with Gasteiger partial charge in [-0.25, -0.2) is 22.3 Å². The molecule has 12 nitrogen and oxygen atoms in total.